The molecule has 0 heterocycles. The lowest BCUT2D eigenvalue weighted by molar-refractivity contribution is 0.393. The Bertz CT molecular complexity index is 551. The molecule has 0 unspecified atom stereocenters. The molecule has 0 N–H and O–H groups in total. The van der Waals surface area contributed by atoms with E-state index in [9.17, 15) is 0 Å². The average molecular weight is 349 g/mol. The smallest absolute Gasteiger partial charge is 0.311 e. The van der Waals surface area contributed by atoms with Crippen molar-refractivity contribution in [2.24, 2.45) is 0 Å². The number of hydrogen-bond donors (Lipinski definition) is 0. The van der Waals surface area contributed by atoms with Crippen molar-refractivity contribution in [3.8, 4) is 0 Å². The molecule has 0 aromatic heterocycles. The minimum Gasteiger partial charge on any atom is -0.436 e. The van der Waals surface area contributed by atoms with Crippen LogP contribution in [0, 0.1) is 0 Å². The maximum atomic E-state index is 6.65. The Morgan fingerprint density at radius 3 is 1.86 bits per heavy atom. The molecule has 0 fully saturated rings. The molecule has 0 saturated carbocycles. The van der Waals surface area contributed by atoms with Gasteiger partial charge in [0.1, 0.15) is 0 Å². The summed E-state index contributed by atoms with van der Waals surface area (Å²) in [6.45, 7) is 13.5. The highest BCUT2D eigenvalue weighted by atomic mass is 28.5. The first-order chi connectivity index (χ1) is 10.1. The molecular weight excluding hydrogens is 320 g/mol. The fourth-order valence-electron chi connectivity index (χ4n) is 3.13. The third kappa shape index (κ3) is 4.39. The monoisotopic (exact) mass is 348 g/mol. The molecule has 0 saturated heterocycles. The Labute approximate surface area is 138 Å². The first kappa shape index (κ1) is 17.6. The van der Waals surface area contributed by atoms with E-state index in [4.69, 9.17) is 8.23 Å². The van der Waals surface area contributed by atoms with Crippen LogP contribution in [0.25, 0.3) is 0 Å². The second kappa shape index (κ2) is 6.41. The second-order valence-electron chi connectivity index (χ2n) is 7.38. The summed E-state index contributed by atoms with van der Waals surface area (Å²) in [5.41, 5.74) is 0.462. The maximum absolute atomic E-state index is 6.65. The van der Waals surface area contributed by atoms with Crippen molar-refractivity contribution in [3.63, 3.8) is 0 Å². The highest BCUT2D eigenvalue weighted by Gasteiger charge is 2.42. The van der Waals surface area contributed by atoms with Gasteiger partial charge < -0.3 is 8.23 Å². The zero-order valence-electron chi connectivity index (χ0n) is 14.6. The molecule has 0 aliphatic heterocycles. The van der Waals surface area contributed by atoms with E-state index >= 15 is 0 Å². The molecule has 2 rings (SSSR count). The van der Waals surface area contributed by atoms with E-state index in [1.807, 2.05) is 0 Å². The Morgan fingerprint density at radius 1 is 0.773 bits per heavy atom. The topological polar surface area (TPSA) is 18.5 Å². The second-order valence-corrected chi connectivity index (χ2v) is 19.3. The summed E-state index contributed by atoms with van der Waals surface area (Å²) < 4.78 is 13.3. The Morgan fingerprint density at radius 2 is 1.32 bits per heavy atom. The third-order valence-electron chi connectivity index (χ3n) is 4.03. The van der Waals surface area contributed by atoms with E-state index < -0.39 is 25.2 Å². The first-order valence-electron chi connectivity index (χ1n) is 7.93. The Kier molecular flexibility index (Phi) is 5.13. The van der Waals surface area contributed by atoms with Crippen molar-refractivity contribution >= 4 is 30.4 Å². The third-order valence-corrected chi connectivity index (χ3v) is 15.8. The van der Waals surface area contributed by atoms with Gasteiger partial charge in [-0.2, -0.15) is 0 Å². The molecule has 1 aromatic rings. The summed E-state index contributed by atoms with van der Waals surface area (Å²) in [7, 11) is -5.92. The summed E-state index contributed by atoms with van der Waals surface area (Å²) in [4.78, 5) is 0. The van der Waals surface area contributed by atoms with Crippen LogP contribution in [0.15, 0.2) is 54.6 Å². The summed E-state index contributed by atoms with van der Waals surface area (Å²) in [6.07, 6.45) is 8.77. The van der Waals surface area contributed by atoms with Crippen molar-refractivity contribution in [1.29, 1.82) is 0 Å². The molecule has 0 bridgehead atoms. The summed E-state index contributed by atoms with van der Waals surface area (Å²) in [6, 6.07) is 10.6. The van der Waals surface area contributed by atoms with Gasteiger partial charge >= 0.3 is 8.56 Å². The highest BCUT2D eigenvalue weighted by Crippen LogP contribution is 2.32. The molecule has 2 nitrogen and oxygen atoms in total. The Balaban J connectivity index is 2.10. The number of allylic oxidation sites excluding steroid dienone is 4. The van der Waals surface area contributed by atoms with Crippen LogP contribution in [0.1, 0.15) is 0 Å². The lowest BCUT2D eigenvalue weighted by atomic mass is 10.4. The zero-order valence-corrected chi connectivity index (χ0v) is 17.6. The number of benzene rings is 1. The predicted octanol–water partition coefficient (Wildman–Crippen LogP) is 4.54. The van der Waals surface area contributed by atoms with E-state index in [1.54, 1.807) is 0 Å². The van der Waals surface area contributed by atoms with Crippen LogP contribution in [0.3, 0.4) is 0 Å². The van der Waals surface area contributed by atoms with E-state index in [1.165, 1.54) is 5.19 Å². The van der Waals surface area contributed by atoms with Crippen LogP contribution >= 0.6 is 0 Å². The van der Waals surface area contributed by atoms with Gasteiger partial charge in [0.05, 0.1) is 0 Å². The van der Waals surface area contributed by atoms with Crippen molar-refractivity contribution in [1.82, 2.24) is 0 Å². The van der Waals surface area contributed by atoms with Gasteiger partial charge in [-0.3, -0.25) is 0 Å². The van der Waals surface area contributed by atoms with E-state index in [0.29, 0.717) is 5.54 Å². The highest BCUT2D eigenvalue weighted by molar-refractivity contribution is 6.93. The molecular formula is C17H28O2Si3. The molecule has 0 radical (unpaired) electrons. The lowest BCUT2D eigenvalue weighted by Crippen LogP contribution is -2.57. The van der Waals surface area contributed by atoms with Crippen molar-refractivity contribution < 1.29 is 8.23 Å². The summed E-state index contributed by atoms with van der Waals surface area (Å²) in [5.74, 6) is 0. The van der Waals surface area contributed by atoms with Crippen molar-refractivity contribution in [2.45, 2.75) is 44.8 Å². The largest absolute Gasteiger partial charge is 0.436 e. The maximum Gasteiger partial charge on any atom is 0.311 e. The standard InChI is InChI=1S/C17H28O2Si3/c1-20(2,16-12-8-7-9-13-16)18-22(5,6)19-21(3,4)17-14-10-11-15-17/h7-15,17H,1-6H3. The molecule has 5 heteroatoms. The average Bonchev–Trinajstić information content (AvgIpc) is 2.91. The molecule has 1 aromatic carbocycles. The van der Waals surface area contributed by atoms with Crippen molar-refractivity contribution in [3.05, 3.63) is 54.6 Å². The minimum absolute atomic E-state index is 0.462. The SMILES string of the molecule is C[Si](C)(O[Si](C)(C)c1ccccc1)O[Si](C)(C)C1C=CC=C1. The Hall–Kier alpha value is -0.729. The van der Waals surface area contributed by atoms with Gasteiger partial charge in [-0.1, -0.05) is 54.6 Å². The summed E-state index contributed by atoms with van der Waals surface area (Å²) in [5, 5.41) is 1.33. The van der Waals surface area contributed by atoms with Crippen molar-refractivity contribution in [2.75, 3.05) is 0 Å². The zero-order chi connectivity index (χ0) is 16.4. The van der Waals surface area contributed by atoms with Crippen LogP contribution in [0.2, 0.25) is 44.8 Å². The van der Waals surface area contributed by atoms with Crippen LogP contribution in [-0.4, -0.2) is 25.2 Å². The van der Waals surface area contributed by atoms with E-state index in [-0.39, 0.29) is 0 Å². The fraction of sp³-hybridized carbons (Fsp3) is 0.412. The minimum atomic E-state index is -2.17. The quantitative estimate of drug-likeness (QED) is 0.703. The van der Waals surface area contributed by atoms with Gasteiger partial charge in [0, 0.05) is 5.54 Å². The van der Waals surface area contributed by atoms with Gasteiger partial charge in [0.25, 0.3) is 0 Å². The first-order valence-corrected chi connectivity index (χ1v) is 16.6. The molecule has 0 atom stereocenters. The number of rotatable bonds is 6. The van der Waals surface area contributed by atoms with E-state index in [2.05, 4.69) is 93.9 Å². The summed E-state index contributed by atoms with van der Waals surface area (Å²) >= 11 is 0. The molecule has 120 valence electrons. The van der Waals surface area contributed by atoms with E-state index in [0.717, 1.165) is 0 Å². The van der Waals surface area contributed by atoms with Crippen LogP contribution in [0.5, 0.6) is 0 Å². The van der Waals surface area contributed by atoms with Crippen LogP contribution in [-0.2, 0) is 8.23 Å². The molecule has 0 amide bonds. The van der Waals surface area contributed by atoms with Gasteiger partial charge in [-0.25, -0.2) is 0 Å². The molecule has 22 heavy (non-hydrogen) atoms. The van der Waals surface area contributed by atoms with Gasteiger partial charge in [-0.15, -0.1) is 0 Å². The van der Waals surface area contributed by atoms with Crippen LogP contribution < -0.4 is 5.19 Å². The molecule has 1 aliphatic rings. The normalized spacial score (nSPS) is 16.5. The fourth-order valence-corrected chi connectivity index (χ4v) is 16.8. The molecule has 1 aliphatic carbocycles. The van der Waals surface area contributed by atoms with Gasteiger partial charge in [0.15, 0.2) is 8.32 Å². The molecule has 0 spiro atoms. The lowest BCUT2D eigenvalue weighted by Gasteiger charge is -2.40. The predicted molar refractivity (Wildman–Crippen MR) is 103 cm³/mol. The van der Waals surface area contributed by atoms with Crippen LogP contribution in [0.4, 0.5) is 0 Å². The van der Waals surface area contributed by atoms with Gasteiger partial charge in [0.2, 0.25) is 8.32 Å². The van der Waals surface area contributed by atoms with Gasteiger partial charge in [-0.05, 0) is 44.5 Å². The number of hydrogen-bond acceptors (Lipinski definition) is 2.